The Balaban J connectivity index is 1.62. The highest BCUT2D eigenvalue weighted by molar-refractivity contribution is 14.2. The molecule has 33 heavy (non-hydrogen) atoms. The summed E-state index contributed by atoms with van der Waals surface area (Å²) >= 11 is 2.65. The number of ether oxygens (including phenoxy) is 1. The number of halogens is 1. The molecular formula is C26H31IN4OS. The average molecular weight is 575 g/mol. The Hall–Kier alpha value is -1.63. The van der Waals surface area contributed by atoms with Gasteiger partial charge in [-0.2, -0.15) is 5.26 Å². The fourth-order valence-corrected chi connectivity index (χ4v) is 8.44. The van der Waals surface area contributed by atoms with E-state index >= 15 is 0 Å². The lowest BCUT2D eigenvalue weighted by molar-refractivity contribution is 0.122. The molecule has 0 radical (unpaired) electrons. The van der Waals surface area contributed by atoms with Crippen LogP contribution in [0.1, 0.15) is 37.8 Å². The van der Waals surface area contributed by atoms with Crippen LogP contribution in [0.4, 0.5) is 17.1 Å². The molecule has 0 aliphatic carbocycles. The molecule has 7 heteroatoms. The minimum atomic E-state index is -0.0626. The molecule has 3 heterocycles. The van der Waals surface area contributed by atoms with Crippen molar-refractivity contribution in [2.75, 3.05) is 49.2 Å². The van der Waals surface area contributed by atoms with Crippen molar-refractivity contribution in [3.8, 4) is 6.07 Å². The molecule has 0 aromatic heterocycles. The van der Waals surface area contributed by atoms with Crippen LogP contribution >= 0.6 is 28.9 Å². The SMILES string of the molecule is CCc1cc(N2CCC(C#N)CC2)cc2c1N=c1c(CC)cc(N3CCOCC3)cc1=S2I. The van der Waals surface area contributed by atoms with Gasteiger partial charge in [0, 0.05) is 52.9 Å². The molecule has 0 bridgehead atoms. The lowest BCUT2D eigenvalue weighted by Gasteiger charge is -2.32. The van der Waals surface area contributed by atoms with Gasteiger partial charge >= 0.3 is 0 Å². The number of benzene rings is 2. The molecule has 174 valence electrons. The zero-order valence-corrected chi connectivity index (χ0v) is 22.4. The van der Waals surface area contributed by atoms with Crippen LogP contribution in [-0.4, -0.2) is 39.4 Å². The number of piperidine rings is 1. The van der Waals surface area contributed by atoms with Crippen LogP contribution in [0.5, 0.6) is 0 Å². The van der Waals surface area contributed by atoms with Crippen molar-refractivity contribution in [1.29, 1.82) is 5.26 Å². The summed E-state index contributed by atoms with van der Waals surface area (Å²) in [5, 5.41) is 10.5. The third-order valence-electron chi connectivity index (χ3n) is 7.07. The maximum atomic E-state index is 9.28. The van der Waals surface area contributed by atoms with Gasteiger partial charge in [-0.05, 0) is 82.3 Å². The summed E-state index contributed by atoms with van der Waals surface area (Å²) in [7, 11) is -0.0626. The summed E-state index contributed by atoms with van der Waals surface area (Å²) in [5.41, 5.74) is 6.48. The van der Waals surface area contributed by atoms with Gasteiger partial charge in [-0.1, -0.05) is 21.5 Å². The van der Waals surface area contributed by atoms with Crippen molar-refractivity contribution in [2.45, 2.75) is 44.4 Å². The van der Waals surface area contributed by atoms with Crippen molar-refractivity contribution in [3.05, 3.63) is 45.3 Å². The van der Waals surface area contributed by atoms with E-state index in [2.05, 4.69) is 75.2 Å². The van der Waals surface area contributed by atoms with Crippen LogP contribution in [0.3, 0.4) is 0 Å². The maximum absolute atomic E-state index is 9.28. The number of nitriles is 1. The van der Waals surface area contributed by atoms with Gasteiger partial charge in [0.1, 0.15) is 0 Å². The number of aryl methyl sites for hydroxylation is 2. The average Bonchev–Trinajstić information content (AvgIpc) is 2.88. The monoisotopic (exact) mass is 574 g/mol. The summed E-state index contributed by atoms with van der Waals surface area (Å²) in [5.74, 6) is 0.205. The Kier molecular flexibility index (Phi) is 6.96. The van der Waals surface area contributed by atoms with Gasteiger partial charge < -0.3 is 14.5 Å². The Bertz CT molecular complexity index is 1220. The van der Waals surface area contributed by atoms with E-state index in [0.29, 0.717) is 0 Å². The predicted molar refractivity (Wildman–Crippen MR) is 145 cm³/mol. The van der Waals surface area contributed by atoms with E-state index in [1.165, 1.54) is 43.0 Å². The third-order valence-corrected chi connectivity index (χ3v) is 11.3. The molecule has 1 unspecified atom stereocenters. The number of hydrogen-bond donors (Lipinski definition) is 0. The van der Waals surface area contributed by atoms with Crippen LogP contribution in [0.15, 0.2) is 34.2 Å². The van der Waals surface area contributed by atoms with E-state index < -0.39 is 0 Å². The first-order valence-corrected chi connectivity index (χ1v) is 15.8. The molecule has 3 aliphatic rings. The minimum absolute atomic E-state index is 0.0626. The van der Waals surface area contributed by atoms with Crippen molar-refractivity contribution in [3.63, 3.8) is 0 Å². The summed E-state index contributed by atoms with van der Waals surface area (Å²) < 4.78 is 6.95. The molecular weight excluding hydrogens is 543 g/mol. The Morgan fingerprint density at radius 2 is 1.64 bits per heavy atom. The molecule has 2 aromatic carbocycles. The summed E-state index contributed by atoms with van der Waals surface area (Å²) in [6, 6.07) is 11.9. The van der Waals surface area contributed by atoms with Crippen molar-refractivity contribution in [1.82, 2.24) is 0 Å². The molecule has 0 amide bonds. The normalized spacial score (nSPS) is 20.6. The molecule has 0 saturated carbocycles. The van der Waals surface area contributed by atoms with E-state index in [-0.39, 0.29) is 13.6 Å². The van der Waals surface area contributed by atoms with Crippen LogP contribution in [0, 0.1) is 21.8 Å². The fourth-order valence-electron chi connectivity index (χ4n) is 5.05. The minimum Gasteiger partial charge on any atom is -0.378 e. The highest BCUT2D eigenvalue weighted by atomic mass is 127. The first-order valence-electron chi connectivity index (χ1n) is 12.1. The van der Waals surface area contributed by atoms with E-state index in [1.807, 2.05) is 0 Å². The smallest absolute Gasteiger partial charge is 0.0809 e. The predicted octanol–water partition coefficient (Wildman–Crippen LogP) is 5.58. The van der Waals surface area contributed by atoms with Crippen molar-refractivity contribution in [2.24, 2.45) is 10.9 Å². The Labute approximate surface area is 211 Å². The zero-order valence-electron chi connectivity index (χ0n) is 19.4. The van der Waals surface area contributed by atoms with Crippen molar-refractivity contribution < 1.29 is 4.74 Å². The summed E-state index contributed by atoms with van der Waals surface area (Å²) in [4.78, 5) is 11.6. The van der Waals surface area contributed by atoms with Crippen LogP contribution in [-0.2, 0) is 17.6 Å². The van der Waals surface area contributed by atoms with Crippen LogP contribution in [0.2, 0.25) is 0 Å². The van der Waals surface area contributed by atoms with Gasteiger partial charge in [0.05, 0.1) is 30.3 Å². The molecule has 5 rings (SSSR count). The maximum Gasteiger partial charge on any atom is 0.0809 e. The molecule has 2 saturated heterocycles. The number of morpholine rings is 1. The van der Waals surface area contributed by atoms with E-state index in [4.69, 9.17) is 9.73 Å². The highest BCUT2D eigenvalue weighted by Crippen LogP contribution is 2.48. The zero-order chi connectivity index (χ0) is 22.9. The first-order chi connectivity index (χ1) is 16.1. The van der Waals surface area contributed by atoms with Gasteiger partial charge in [-0.3, -0.25) is 0 Å². The van der Waals surface area contributed by atoms with Gasteiger partial charge in [-0.15, -0.1) is 0 Å². The fraction of sp³-hybridized carbons (Fsp3) is 0.500. The standard InChI is InChI=1S/C26H31IN4OS/c1-3-19-13-21(30-7-5-18(17-28)6-8-30)15-23-25(19)29-26-20(4-2)14-22(16-24(26)33(23)27)31-9-11-32-12-10-31/h13-16,18H,3-12H2,1-2H3. The molecule has 2 fully saturated rings. The molecule has 0 spiro atoms. The number of anilines is 2. The number of nitrogens with zero attached hydrogens (tertiary/aromatic N) is 4. The molecule has 5 nitrogen and oxygen atoms in total. The Morgan fingerprint density at radius 1 is 1.00 bits per heavy atom. The second-order valence-corrected chi connectivity index (χ2v) is 13.0. The van der Waals surface area contributed by atoms with Crippen LogP contribution in [0.25, 0.3) is 0 Å². The second-order valence-electron chi connectivity index (χ2n) is 8.97. The summed E-state index contributed by atoms with van der Waals surface area (Å²) in [6.45, 7) is 9.90. The van der Waals surface area contributed by atoms with E-state index in [0.717, 1.165) is 65.1 Å². The second kappa shape index (κ2) is 9.93. The number of fused-ring (bicyclic) bond motifs is 2. The summed E-state index contributed by atoms with van der Waals surface area (Å²) in [6.07, 6.45) is 3.88. The third kappa shape index (κ3) is 4.42. The lowest BCUT2D eigenvalue weighted by Crippen LogP contribution is -2.36. The lowest BCUT2D eigenvalue weighted by atomic mass is 9.97. The molecule has 3 aliphatic heterocycles. The van der Waals surface area contributed by atoms with Gasteiger partial charge in [-0.25, -0.2) is 4.99 Å². The van der Waals surface area contributed by atoms with Crippen LogP contribution < -0.4 is 15.2 Å². The van der Waals surface area contributed by atoms with Gasteiger partial charge in [0.25, 0.3) is 0 Å². The van der Waals surface area contributed by atoms with Crippen molar-refractivity contribution >= 4 is 45.9 Å². The van der Waals surface area contributed by atoms with Gasteiger partial charge in [0.2, 0.25) is 0 Å². The first kappa shape index (κ1) is 23.1. The number of hydrogen-bond acceptors (Lipinski definition) is 5. The molecule has 2 aromatic rings. The number of rotatable bonds is 4. The Morgan fingerprint density at radius 3 is 2.30 bits per heavy atom. The molecule has 0 N–H and O–H groups in total. The quantitative estimate of drug-likeness (QED) is 0.354. The van der Waals surface area contributed by atoms with E-state index in [1.54, 1.807) is 0 Å². The van der Waals surface area contributed by atoms with Gasteiger partial charge in [0.15, 0.2) is 0 Å². The van der Waals surface area contributed by atoms with E-state index in [9.17, 15) is 5.26 Å². The largest absolute Gasteiger partial charge is 0.378 e. The topological polar surface area (TPSA) is 51.9 Å². The highest BCUT2D eigenvalue weighted by Gasteiger charge is 2.23. The molecule has 1 atom stereocenters.